The molecule has 1 saturated heterocycles. The molecule has 0 aromatic heterocycles. The Morgan fingerprint density at radius 2 is 0.434 bits per heavy atom. The van der Waals surface area contributed by atoms with Crippen molar-refractivity contribution >= 4 is 63.9 Å². The third-order valence-corrected chi connectivity index (χ3v) is 5.77. The Kier molecular flexibility index (Phi) is 908. The van der Waals surface area contributed by atoms with Gasteiger partial charge >= 0.3 is 7.12 Å². The molecule has 61 heteroatoms. The molecular formula is C22H28B4F2N2O2Y51. The van der Waals surface area contributed by atoms with E-state index >= 15 is 0 Å². The van der Waals surface area contributed by atoms with Gasteiger partial charge in [0.1, 0.15) is 35.2 Å². The van der Waals surface area contributed by atoms with E-state index < -0.39 is 17.1 Å². The zero-order chi connectivity index (χ0) is 24.6. The quantitative estimate of drug-likeness (QED) is 0.415. The second kappa shape index (κ2) is 225. The molecule has 3 rings (SSSR count). The molecule has 1 heterocycles. The molecule has 0 aliphatic carbocycles. The molecule has 1 aliphatic rings. The van der Waals surface area contributed by atoms with E-state index in [2.05, 4.69) is 55.7 Å². The van der Waals surface area contributed by atoms with Gasteiger partial charge in [0, 0.05) is 1710 Å². The van der Waals surface area contributed by atoms with E-state index in [4.69, 9.17) is 32.8 Å². The zero-order valence-corrected chi connectivity index (χ0v) is 194. The van der Waals surface area contributed by atoms with Crippen LogP contribution in [0, 0.1) is 11.6 Å². The predicted molar refractivity (Wildman–Crippen MR) is 133 cm³/mol. The molecule has 2 aromatic rings. The van der Waals surface area contributed by atoms with Gasteiger partial charge in [-0.3, -0.25) is 0 Å². The Balaban J connectivity index is -0.00000000349. The van der Waals surface area contributed by atoms with Crippen LogP contribution in [0.15, 0.2) is 24.3 Å². The molecule has 4 nitrogen and oxygen atoms in total. The molecule has 0 amide bonds. The molecule has 0 atom stereocenters. The van der Waals surface area contributed by atoms with Crippen molar-refractivity contribution in [3.63, 3.8) is 0 Å². The van der Waals surface area contributed by atoms with E-state index in [9.17, 15) is 8.78 Å². The van der Waals surface area contributed by atoms with Crippen molar-refractivity contribution in [2.75, 3.05) is 38.0 Å². The van der Waals surface area contributed by atoms with Crippen LogP contribution in [0.3, 0.4) is 0 Å². The number of halogens is 2. The maximum absolute atomic E-state index is 12.6. The molecule has 57 radical (unpaired) electrons. The van der Waals surface area contributed by atoms with Crippen LogP contribution in [0.5, 0.6) is 0 Å². The first-order chi connectivity index (χ1) is 14.6. The van der Waals surface area contributed by atoms with E-state index in [-0.39, 0.29) is 1700 Å². The minimum atomic E-state index is -0.961. The van der Waals surface area contributed by atoms with Gasteiger partial charge < -0.3 is 19.1 Å². The summed E-state index contributed by atoms with van der Waals surface area (Å²) in [6.45, 7) is 8.32. The van der Waals surface area contributed by atoms with E-state index in [1.807, 2.05) is 28.2 Å². The molecule has 0 spiro atoms. The summed E-state index contributed by atoms with van der Waals surface area (Å²) >= 11 is 0. The Bertz CT molecular complexity index is 996. The zero-order valence-electron chi connectivity index (χ0n) is 49.5. The summed E-state index contributed by atoms with van der Waals surface area (Å²) in [6, 6.07) is 7.42. The summed E-state index contributed by atoms with van der Waals surface area (Å²) in [4.78, 5) is 4.20. The molecule has 1 fully saturated rings. The maximum atomic E-state index is 12.6. The summed E-state index contributed by atoms with van der Waals surface area (Å²) in [6.07, 6.45) is 0. The standard InChI is InChI=1S/C16H27BN2O2.C6HB3F2.51Y/c1-15(2)16(3,4)21-17(20-15)12-9-13(18(5)6)11-14(10-12)19(7)8;7-2-1-3(8)6(11)4(9)5(2)10;;;;;;;;;;;;;;;;;;;;;;;;;;;;;;;;;;;;;;;;;;;;;;;;;;;/h9-11H,1-8H3;1H;;;;;;;;;;;;;;;;;;;;;;;;;;;;;;;;;;;;;;;;;;;;;;;;;;;. The van der Waals surface area contributed by atoms with Crippen molar-refractivity contribution in [2.24, 2.45) is 0 Å². The van der Waals surface area contributed by atoms with E-state index in [1.165, 1.54) is 0 Å². The fourth-order valence-corrected chi connectivity index (χ4v) is 2.95. The molecule has 317 valence electrons. The van der Waals surface area contributed by atoms with Gasteiger partial charge in [-0.05, 0) is 56.8 Å². The number of nitrogens with zero attached hydrogens (tertiary/aromatic N) is 2. The first-order valence-electron chi connectivity index (χ1n) is 10.2. The molecule has 0 bridgehead atoms. The van der Waals surface area contributed by atoms with Crippen LogP contribution in [0.25, 0.3) is 0 Å². The minimum absolute atomic E-state index is 0. The Hall–Kier alpha value is 54.4. The Morgan fingerprint density at radius 3 is 0.566 bits per heavy atom. The smallest absolute Gasteiger partial charge is 0.399 e. The van der Waals surface area contributed by atoms with E-state index in [0.717, 1.165) is 22.9 Å². The number of benzene rings is 2. The molecular weight excluding hydrogens is 4940 g/mol. The van der Waals surface area contributed by atoms with Gasteiger partial charge in [-0.25, -0.2) is 8.78 Å². The maximum Gasteiger partial charge on any atom is 0.494 e. The predicted octanol–water partition coefficient (Wildman–Crippen LogP) is 0.337. The van der Waals surface area contributed by atoms with E-state index in [1.54, 1.807) is 0 Å². The van der Waals surface area contributed by atoms with Crippen LogP contribution < -0.4 is 31.7 Å². The SMILES string of the molecule is CN(C)c1cc(B2OC(C)(C)C(C)(C)O2)cc(N(C)C)c1.[B]c1cc([B])c(F)c([B])c1F.[Y].[Y].[Y].[Y].[Y].[Y].[Y].[Y].[Y].[Y].[Y].[Y].[Y].[Y].[Y].[Y].[Y].[Y].[Y].[Y].[Y].[Y].[Y].[Y].[Y].[Y].[Y].[Y].[Y].[Y].[Y].[Y].[Y].[Y].[Y].[Y].[Y].[Y].[Y].[Y].[Y].[Y].[Y].[Y].[Y].[Y].[Y].[Y].[Y].[Y].[Y]. The Morgan fingerprint density at radius 1 is 0.289 bits per heavy atom. The minimum Gasteiger partial charge on any atom is -0.399 e. The van der Waals surface area contributed by atoms with Crippen molar-refractivity contribution in [3.8, 4) is 0 Å². The fourth-order valence-electron chi connectivity index (χ4n) is 2.95. The van der Waals surface area contributed by atoms with Gasteiger partial charge in [0.05, 0.1) is 11.2 Å². The number of hydrogen-bond donors (Lipinski definition) is 0. The summed E-state index contributed by atoms with van der Waals surface area (Å²) in [5.41, 5.74) is 1.58. The van der Waals surface area contributed by atoms with Crippen LogP contribution in [-0.2, 0) is 1680 Å². The van der Waals surface area contributed by atoms with Crippen molar-refractivity contribution in [1.29, 1.82) is 0 Å². The van der Waals surface area contributed by atoms with E-state index in [0.29, 0.717) is 0 Å². The second-order valence-corrected chi connectivity index (χ2v) is 9.26. The van der Waals surface area contributed by atoms with Gasteiger partial charge in [0.2, 0.25) is 0 Å². The van der Waals surface area contributed by atoms with Gasteiger partial charge in [0.25, 0.3) is 0 Å². The molecule has 1 aliphatic heterocycles. The number of rotatable bonds is 3. The molecule has 83 heavy (non-hydrogen) atoms. The average Bonchev–Trinajstić information content (AvgIpc) is 2.92. The van der Waals surface area contributed by atoms with Gasteiger partial charge in [-0.2, -0.15) is 0 Å². The summed E-state index contributed by atoms with van der Waals surface area (Å²) in [5.74, 6) is -1.92. The summed E-state index contributed by atoms with van der Waals surface area (Å²) in [7, 11) is 23.0. The Labute approximate surface area is 1800 Å². The van der Waals surface area contributed by atoms with Crippen LogP contribution in [-0.4, -0.2) is 70.1 Å². The fraction of sp³-hybridized carbons (Fsp3) is 0.455. The van der Waals surface area contributed by atoms with Gasteiger partial charge in [-0.1, -0.05) is 17.0 Å². The normalized spacial score (nSPS) is 6.31. The van der Waals surface area contributed by atoms with Gasteiger partial charge in [0.15, 0.2) is 0 Å². The average molecular weight is 4970 g/mol. The monoisotopic (exact) mass is 4970 g/mol. The van der Waals surface area contributed by atoms with Crippen molar-refractivity contribution in [2.45, 2.75) is 38.9 Å². The van der Waals surface area contributed by atoms with Crippen LogP contribution >= 0.6 is 0 Å². The number of hydrogen-bond acceptors (Lipinski definition) is 4. The molecule has 0 N–H and O–H groups in total. The van der Waals surface area contributed by atoms with Crippen molar-refractivity contribution < 1.29 is 1690 Å². The molecule has 2 aromatic carbocycles. The van der Waals surface area contributed by atoms with Crippen molar-refractivity contribution in [1.82, 2.24) is 0 Å². The third kappa shape index (κ3) is 179. The second-order valence-electron chi connectivity index (χ2n) is 9.26. The summed E-state index contributed by atoms with van der Waals surface area (Å²) < 4.78 is 37.6. The largest absolute Gasteiger partial charge is 0.494 e. The number of anilines is 2. The van der Waals surface area contributed by atoms with Crippen LogP contribution in [0.4, 0.5) is 20.2 Å². The first-order valence-corrected chi connectivity index (χ1v) is 10.2. The summed E-state index contributed by atoms with van der Waals surface area (Å²) in [5, 5.41) is 0. The molecule has 0 saturated carbocycles. The van der Waals surface area contributed by atoms with Gasteiger partial charge in [-0.15, -0.1) is 0 Å². The van der Waals surface area contributed by atoms with Crippen molar-refractivity contribution in [3.05, 3.63) is 35.9 Å². The van der Waals surface area contributed by atoms with Crippen LogP contribution in [0.1, 0.15) is 27.7 Å². The first kappa shape index (κ1) is 335. The topological polar surface area (TPSA) is 24.9 Å². The van der Waals surface area contributed by atoms with Crippen LogP contribution in [0.2, 0.25) is 0 Å². The molecule has 0 unspecified atom stereocenters. The third-order valence-electron chi connectivity index (χ3n) is 5.77.